The number of hydrogen-bond donors (Lipinski definition) is 2. The smallest absolute Gasteiger partial charge is 0.234 e. The fraction of sp³-hybridized carbons (Fsp3) is 0.263. The average molecular weight is 358 g/mol. The first-order valence-corrected chi connectivity index (χ1v) is 9.16. The van der Waals surface area contributed by atoms with Crippen LogP contribution in [0.4, 0.5) is 11.4 Å². The molecule has 0 atom stereocenters. The van der Waals surface area contributed by atoms with E-state index in [0.29, 0.717) is 5.69 Å². The lowest BCUT2D eigenvalue weighted by Gasteiger charge is -2.08. The Balaban J connectivity index is 1.71. The summed E-state index contributed by atoms with van der Waals surface area (Å²) >= 11 is 1.28. The third-order valence-electron chi connectivity index (χ3n) is 3.46. The highest BCUT2D eigenvalue weighted by Gasteiger charge is 2.07. The molecule has 2 N–H and O–H groups in total. The normalized spacial score (nSPS) is 10.2. The maximum Gasteiger partial charge on any atom is 0.234 e. The number of aryl methyl sites for hydroxylation is 1. The van der Waals surface area contributed by atoms with Gasteiger partial charge in [0, 0.05) is 11.4 Å². The molecule has 0 fully saturated rings. The van der Waals surface area contributed by atoms with E-state index in [0.717, 1.165) is 17.9 Å². The zero-order valence-electron chi connectivity index (χ0n) is 14.4. The lowest BCUT2D eigenvalue weighted by molar-refractivity contribution is -0.114. The third-order valence-corrected chi connectivity index (χ3v) is 4.39. The van der Waals surface area contributed by atoms with Crippen molar-refractivity contribution in [3.63, 3.8) is 0 Å². The Kier molecular flexibility index (Phi) is 7.35. The standard InChI is InChI=1S/C19H22N2O3S/c1-3-14-5-4-6-16(11-14)21-19(23)13-25-12-18(22)20-15-7-9-17(24-2)10-8-15/h4-11H,3,12-13H2,1-2H3,(H,20,22)(H,21,23). The van der Waals surface area contributed by atoms with Crippen LogP contribution in [-0.4, -0.2) is 30.4 Å². The number of carbonyl (C=O) groups is 2. The number of ether oxygens (including phenoxy) is 1. The molecule has 0 saturated carbocycles. The number of thioether (sulfide) groups is 1. The highest BCUT2D eigenvalue weighted by molar-refractivity contribution is 8.00. The Labute approximate surface area is 152 Å². The first-order chi connectivity index (χ1) is 12.1. The van der Waals surface area contributed by atoms with E-state index in [-0.39, 0.29) is 23.3 Å². The Morgan fingerprint density at radius 1 is 0.960 bits per heavy atom. The van der Waals surface area contributed by atoms with Gasteiger partial charge in [-0.25, -0.2) is 0 Å². The number of nitrogens with one attached hydrogen (secondary N) is 2. The molecule has 25 heavy (non-hydrogen) atoms. The molecular formula is C19H22N2O3S. The van der Waals surface area contributed by atoms with Crippen LogP contribution in [0.25, 0.3) is 0 Å². The molecule has 0 aliphatic rings. The predicted molar refractivity (Wildman–Crippen MR) is 103 cm³/mol. The molecule has 0 aromatic heterocycles. The molecule has 0 radical (unpaired) electrons. The van der Waals surface area contributed by atoms with Gasteiger partial charge < -0.3 is 15.4 Å². The molecule has 0 aliphatic carbocycles. The van der Waals surface area contributed by atoms with Gasteiger partial charge in [0.25, 0.3) is 0 Å². The van der Waals surface area contributed by atoms with Gasteiger partial charge in [-0.2, -0.15) is 0 Å². The van der Waals surface area contributed by atoms with Crippen molar-refractivity contribution in [3.8, 4) is 5.75 Å². The van der Waals surface area contributed by atoms with E-state index in [1.54, 1.807) is 31.4 Å². The van der Waals surface area contributed by atoms with Gasteiger partial charge in [0.05, 0.1) is 18.6 Å². The molecule has 0 aliphatic heterocycles. The largest absolute Gasteiger partial charge is 0.497 e. The zero-order chi connectivity index (χ0) is 18.1. The van der Waals surface area contributed by atoms with Gasteiger partial charge in [-0.05, 0) is 48.4 Å². The van der Waals surface area contributed by atoms with Gasteiger partial charge in [0.1, 0.15) is 5.75 Å². The average Bonchev–Trinajstić information content (AvgIpc) is 2.62. The number of benzene rings is 2. The van der Waals surface area contributed by atoms with Crippen LogP contribution < -0.4 is 15.4 Å². The van der Waals surface area contributed by atoms with Crippen molar-refractivity contribution >= 4 is 35.0 Å². The molecule has 0 saturated heterocycles. The Bertz CT molecular complexity index is 717. The van der Waals surface area contributed by atoms with Crippen LogP contribution in [0.2, 0.25) is 0 Å². The van der Waals surface area contributed by atoms with E-state index in [1.807, 2.05) is 24.3 Å². The summed E-state index contributed by atoms with van der Waals surface area (Å²) in [5, 5.41) is 5.63. The number of methoxy groups -OCH3 is 1. The second-order valence-electron chi connectivity index (χ2n) is 5.37. The summed E-state index contributed by atoms with van der Waals surface area (Å²) in [6.07, 6.45) is 0.921. The van der Waals surface area contributed by atoms with E-state index in [4.69, 9.17) is 4.74 Å². The summed E-state index contributed by atoms with van der Waals surface area (Å²) in [6, 6.07) is 14.9. The van der Waals surface area contributed by atoms with E-state index in [2.05, 4.69) is 17.6 Å². The van der Waals surface area contributed by atoms with E-state index < -0.39 is 0 Å². The maximum atomic E-state index is 11.9. The second kappa shape index (κ2) is 9.74. The number of hydrogen-bond acceptors (Lipinski definition) is 4. The molecular weight excluding hydrogens is 336 g/mol. The van der Waals surface area contributed by atoms with Gasteiger partial charge in [-0.1, -0.05) is 19.1 Å². The molecule has 132 valence electrons. The predicted octanol–water partition coefficient (Wildman–Crippen LogP) is 3.57. The van der Waals surface area contributed by atoms with Crippen LogP contribution in [0.1, 0.15) is 12.5 Å². The Hall–Kier alpha value is -2.47. The summed E-state index contributed by atoms with van der Waals surface area (Å²) in [5.74, 6) is 0.920. The number of amides is 2. The van der Waals surface area contributed by atoms with Crippen molar-refractivity contribution in [1.29, 1.82) is 0 Å². The van der Waals surface area contributed by atoms with Gasteiger partial charge in [0.2, 0.25) is 11.8 Å². The van der Waals surface area contributed by atoms with Crippen molar-refractivity contribution < 1.29 is 14.3 Å². The molecule has 0 heterocycles. The lowest BCUT2D eigenvalue weighted by atomic mass is 10.1. The van der Waals surface area contributed by atoms with E-state index in [9.17, 15) is 9.59 Å². The van der Waals surface area contributed by atoms with Gasteiger partial charge in [-0.15, -0.1) is 11.8 Å². The number of anilines is 2. The third kappa shape index (κ3) is 6.51. The number of rotatable bonds is 8. The fourth-order valence-electron chi connectivity index (χ4n) is 2.17. The summed E-state index contributed by atoms with van der Waals surface area (Å²) < 4.78 is 5.07. The van der Waals surface area contributed by atoms with Crippen LogP contribution in [-0.2, 0) is 16.0 Å². The fourth-order valence-corrected chi connectivity index (χ4v) is 2.79. The van der Waals surface area contributed by atoms with Crippen LogP contribution in [0.15, 0.2) is 48.5 Å². The first-order valence-electron chi connectivity index (χ1n) is 8.01. The van der Waals surface area contributed by atoms with E-state index >= 15 is 0 Å². The molecule has 2 amide bonds. The second-order valence-corrected chi connectivity index (χ2v) is 6.36. The van der Waals surface area contributed by atoms with Crippen molar-refractivity contribution in [1.82, 2.24) is 0 Å². The summed E-state index contributed by atoms with van der Waals surface area (Å²) in [5.41, 5.74) is 2.66. The molecule has 0 bridgehead atoms. The molecule has 6 heteroatoms. The van der Waals surface area contributed by atoms with Crippen LogP contribution in [0.5, 0.6) is 5.75 Å². The maximum absolute atomic E-state index is 11.9. The van der Waals surface area contributed by atoms with Gasteiger partial charge >= 0.3 is 0 Å². The minimum Gasteiger partial charge on any atom is -0.497 e. The molecule has 5 nitrogen and oxygen atoms in total. The summed E-state index contributed by atoms with van der Waals surface area (Å²) in [4.78, 5) is 23.8. The Morgan fingerprint density at radius 2 is 1.60 bits per heavy atom. The summed E-state index contributed by atoms with van der Waals surface area (Å²) in [7, 11) is 1.59. The minimum absolute atomic E-state index is 0.115. The first kappa shape index (κ1) is 18.9. The Morgan fingerprint density at radius 3 is 2.20 bits per heavy atom. The minimum atomic E-state index is -0.143. The number of carbonyl (C=O) groups excluding carboxylic acids is 2. The topological polar surface area (TPSA) is 67.4 Å². The zero-order valence-corrected chi connectivity index (χ0v) is 15.2. The highest BCUT2D eigenvalue weighted by atomic mass is 32.2. The van der Waals surface area contributed by atoms with Crippen LogP contribution in [0, 0.1) is 0 Å². The van der Waals surface area contributed by atoms with Gasteiger partial charge in [-0.3, -0.25) is 9.59 Å². The quantitative estimate of drug-likeness (QED) is 0.757. The van der Waals surface area contributed by atoms with E-state index in [1.165, 1.54) is 17.3 Å². The molecule has 2 rings (SSSR count). The van der Waals surface area contributed by atoms with Crippen LogP contribution >= 0.6 is 11.8 Å². The molecule has 0 unspecified atom stereocenters. The monoisotopic (exact) mass is 358 g/mol. The summed E-state index contributed by atoms with van der Waals surface area (Å²) in [6.45, 7) is 2.07. The SMILES string of the molecule is CCc1cccc(NC(=O)CSCC(=O)Nc2ccc(OC)cc2)c1. The van der Waals surface area contributed by atoms with Crippen molar-refractivity contribution in [2.75, 3.05) is 29.2 Å². The van der Waals surface area contributed by atoms with Crippen molar-refractivity contribution in [3.05, 3.63) is 54.1 Å². The molecule has 0 spiro atoms. The van der Waals surface area contributed by atoms with Crippen LogP contribution in [0.3, 0.4) is 0 Å². The van der Waals surface area contributed by atoms with Crippen molar-refractivity contribution in [2.24, 2.45) is 0 Å². The molecule has 2 aromatic rings. The van der Waals surface area contributed by atoms with Gasteiger partial charge in [0.15, 0.2) is 0 Å². The molecule has 2 aromatic carbocycles. The van der Waals surface area contributed by atoms with Crippen molar-refractivity contribution in [2.45, 2.75) is 13.3 Å². The lowest BCUT2D eigenvalue weighted by Crippen LogP contribution is -2.18. The highest BCUT2D eigenvalue weighted by Crippen LogP contribution is 2.15.